The van der Waals surface area contributed by atoms with E-state index < -0.39 is 0 Å². The monoisotopic (exact) mass is 417 g/mol. The third kappa shape index (κ3) is 6.63. The van der Waals surface area contributed by atoms with Crippen LogP contribution in [0.4, 0.5) is 0 Å². The van der Waals surface area contributed by atoms with Crippen molar-refractivity contribution in [1.82, 2.24) is 15.1 Å². The number of nitrogens with one attached hydrogen (secondary N) is 1. The Morgan fingerprint density at radius 3 is 2.38 bits per heavy atom. The number of ether oxygens (including phenoxy) is 2. The maximum atomic E-state index is 12.3. The summed E-state index contributed by atoms with van der Waals surface area (Å²) in [5.74, 6) is 1.55. The SMILES string of the molecule is COc1ccccc1CNC(=O)CN1CCN(CCOc2ccccc2Cl)CC1. The van der Waals surface area contributed by atoms with Crippen LogP contribution in [0.2, 0.25) is 5.02 Å². The third-order valence-electron chi connectivity index (χ3n) is 5.00. The summed E-state index contributed by atoms with van der Waals surface area (Å²) < 4.78 is 11.1. The second-order valence-electron chi connectivity index (χ2n) is 6.99. The first-order chi connectivity index (χ1) is 14.2. The number of para-hydroxylation sites is 2. The summed E-state index contributed by atoms with van der Waals surface area (Å²) in [6.07, 6.45) is 0. The molecule has 1 heterocycles. The normalized spacial score (nSPS) is 15.1. The van der Waals surface area contributed by atoms with Crippen molar-refractivity contribution in [3.63, 3.8) is 0 Å². The second kappa shape index (κ2) is 11.0. The van der Waals surface area contributed by atoms with Crippen LogP contribution in [0.5, 0.6) is 11.5 Å². The van der Waals surface area contributed by atoms with Gasteiger partial charge < -0.3 is 14.8 Å². The van der Waals surface area contributed by atoms with Crippen molar-refractivity contribution in [1.29, 1.82) is 0 Å². The number of piperazine rings is 1. The van der Waals surface area contributed by atoms with E-state index in [1.54, 1.807) is 7.11 Å². The van der Waals surface area contributed by atoms with Crippen LogP contribution in [-0.2, 0) is 11.3 Å². The summed E-state index contributed by atoms with van der Waals surface area (Å²) in [7, 11) is 1.64. The Hall–Kier alpha value is -2.28. The Labute approximate surface area is 177 Å². The molecular formula is C22H28ClN3O3. The zero-order valence-corrected chi connectivity index (χ0v) is 17.5. The quantitative estimate of drug-likeness (QED) is 0.679. The smallest absolute Gasteiger partial charge is 0.234 e. The van der Waals surface area contributed by atoms with Crippen molar-refractivity contribution in [3.05, 3.63) is 59.1 Å². The third-order valence-corrected chi connectivity index (χ3v) is 5.31. The molecule has 0 atom stereocenters. The molecule has 2 aromatic carbocycles. The van der Waals surface area contributed by atoms with Crippen LogP contribution in [0.1, 0.15) is 5.56 Å². The minimum atomic E-state index is 0.0337. The topological polar surface area (TPSA) is 54.0 Å². The van der Waals surface area contributed by atoms with E-state index in [4.69, 9.17) is 21.1 Å². The van der Waals surface area contributed by atoms with Gasteiger partial charge in [0.1, 0.15) is 18.1 Å². The van der Waals surface area contributed by atoms with E-state index in [9.17, 15) is 4.79 Å². The second-order valence-corrected chi connectivity index (χ2v) is 7.39. The highest BCUT2D eigenvalue weighted by molar-refractivity contribution is 6.32. The van der Waals surface area contributed by atoms with Gasteiger partial charge in [0.2, 0.25) is 5.91 Å². The first kappa shape index (κ1) is 21.4. The predicted molar refractivity (Wildman–Crippen MR) is 115 cm³/mol. The number of halogens is 1. The number of hydrogen-bond acceptors (Lipinski definition) is 5. The Morgan fingerprint density at radius 2 is 1.66 bits per heavy atom. The van der Waals surface area contributed by atoms with Gasteiger partial charge in [-0.1, -0.05) is 41.9 Å². The molecule has 0 aliphatic carbocycles. The van der Waals surface area contributed by atoms with Gasteiger partial charge in [-0.15, -0.1) is 0 Å². The lowest BCUT2D eigenvalue weighted by Crippen LogP contribution is -2.50. The molecule has 1 saturated heterocycles. The van der Waals surface area contributed by atoms with Crippen molar-refractivity contribution in [2.24, 2.45) is 0 Å². The lowest BCUT2D eigenvalue weighted by atomic mass is 10.2. The molecule has 29 heavy (non-hydrogen) atoms. The average Bonchev–Trinajstić information content (AvgIpc) is 2.75. The first-order valence-corrected chi connectivity index (χ1v) is 10.2. The molecule has 0 saturated carbocycles. The molecule has 6 nitrogen and oxygen atoms in total. The summed E-state index contributed by atoms with van der Waals surface area (Å²) >= 11 is 6.10. The maximum Gasteiger partial charge on any atom is 0.234 e. The van der Waals surface area contributed by atoms with Gasteiger partial charge in [0.15, 0.2) is 0 Å². The van der Waals surface area contributed by atoms with E-state index >= 15 is 0 Å². The predicted octanol–water partition coefficient (Wildman–Crippen LogP) is 2.66. The first-order valence-electron chi connectivity index (χ1n) is 9.86. The van der Waals surface area contributed by atoms with E-state index in [-0.39, 0.29) is 5.91 Å². The number of carbonyl (C=O) groups is 1. The van der Waals surface area contributed by atoms with Crippen molar-refractivity contribution >= 4 is 17.5 Å². The lowest BCUT2D eigenvalue weighted by molar-refractivity contribution is -0.122. The van der Waals surface area contributed by atoms with Gasteiger partial charge in [0.05, 0.1) is 18.7 Å². The number of carbonyl (C=O) groups excluding carboxylic acids is 1. The standard InChI is InChI=1S/C22H28ClN3O3/c1-28-20-8-4-2-6-18(20)16-24-22(27)17-26-12-10-25(11-13-26)14-15-29-21-9-5-3-7-19(21)23/h2-9H,10-17H2,1H3,(H,24,27). The maximum absolute atomic E-state index is 12.3. The molecule has 0 spiro atoms. The molecule has 0 bridgehead atoms. The molecule has 1 aliphatic rings. The summed E-state index contributed by atoms with van der Waals surface area (Å²) in [5, 5.41) is 3.62. The van der Waals surface area contributed by atoms with Crippen molar-refractivity contribution in [3.8, 4) is 11.5 Å². The number of hydrogen-bond donors (Lipinski definition) is 1. The largest absolute Gasteiger partial charge is 0.496 e. The van der Waals surface area contributed by atoms with E-state index in [2.05, 4.69) is 15.1 Å². The van der Waals surface area contributed by atoms with Gasteiger partial charge in [0, 0.05) is 44.8 Å². The van der Waals surface area contributed by atoms with E-state index in [0.29, 0.717) is 24.7 Å². The van der Waals surface area contributed by atoms with Crippen molar-refractivity contribution in [2.45, 2.75) is 6.54 Å². The van der Waals surface area contributed by atoms with E-state index in [0.717, 1.165) is 49.8 Å². The van der Waals surface area contributed by atoms with Gasteiger partial charge in [-0.3, -0.25) is 14.6 Å². The molecule has 0 unspecified atom stereocenters. The van der Waals surface area contributed by atoms with Crippen LogP contribution in [-0.4, -0.2) is 68.7 Å². The Morgan fingerprint density at radius 1 is 1.00 bits per heavy atom. The van der Waals surface area contributed by atoms with Crippen LogP contribution in [0.3, 0.4) is 0 Å². The fourth-order valence-electron chi connectivity index (χ4n) is 3.32. The Bertz CT molecular complexity index is 794. The summed E-state index contributed by atoms with van der Waals surface area (Å²) in [6, 6.07) is 15.2. The van der Waals surface area contributed by atoms with Gasteiger partial charge in [-0.05, 0) is 18.2 Å². The Balaban J connectivity index is 1.33. The zero-order chi connectivity index (χ0) is 20.5. The molecule has 1 amide bonds. The van der Waals surface area contributed by atoms with Gasteiger partial charge in [-0.2, -0.15) is 0 Å². The summed E-state index contributed by atoms with van der Waals surface area (Å²) in [5.41, 5.74) is 0.978. The highest BCUT2D eigenvalue weighted by Gasteiger charge is 2.19. The number of rotatable bonds is 9. The van der Waals surface area contributed by atoms with Crippen molar-refractivity contribution < 1.29 is 14.3 Å². The molecular weight excluding hydrogens is 390 g/mol. The molecule has 7 heteroatoms. The van der Waals surface area contributed by atoms with Gasteiger partial charge >= 0.3 is 0 Å². The minimum Gasteiger partial charge on any atom is -0.496 e. The zero-order valence-electron chi connectivity index (χ0n) is 16.8. The van der Waals surface area contributed by atoms with E-state index in [1.165, 1.54) is 0 Å². The molecule has 156 valence electrons. The van der Waals surface area contributed by atoms with E-state index in [1.807, 2.05) is 48.5 Å². The molecule has 1 fully saturated rings. The highest BCUT2D eigenvalue weighted by atomic mass is 35.5. The molecule has 2 aromatic rings. The summed E-state index contributed by atoms with van der Waals surface area (Å²) in [6.45, 7) is 5.92. The van der Waals surface area contributed by atoms with Crippen LogP contribution >= 0.6 is 11.6 Å². The fourth-order valence-corrected chi connectivity index (χ4v) is 3.51. The minimum absolute atomic E-state index is 0.0337. The fraction of sp³-hybridized carbons (Fsp3) is 0.409. The Kier molecular flexibility index (Phi) is 8.16. The van der Waals surface area contributed by atoms with Crippen LogP contribution in [0.25, 0.3) is 0 Å². The lowest BCUT2D eigenvalue weighted by Gasteiger charge is -2.34. The molecule has 1 aliphatic heterocycles. The molecule has 0 aromatic heterocycles. The van der Waals surface area contributed by atoms with Crippen LogP contribution in [0, 0.1) is 0 Å². The number of methoxy groups -OCH3 is 1. The molecule has 1 N–H and O–H groups in total. The van der Waals surface area contributed by atoms with Gasteiger partial charge in [0.25, 0.3) is 0 Å². The number of nitrogens with zero attached hydrogens (tertiary/aromatic N) is 2. The van der Waals surface area contributed by atoms with Crippen molar-refractivity contribution in [2.75, 3.05) is 53.0 Å². The van der Waals surface area contributed by atoms with Gasteiger partial charge in [-0.25, -0.2) is 0 Å². The van der Waals surface area contributed by atoms with Crippen LogP contribution < -0.4 is 14.8 Å². The van der Waals surface area contributed by atoms with Crippen LogP contribution in [0.15, 0.2) is 48.5 Å². The number of amides is 1. The summed E-state index contributed by atoms with van der Waals surface area (Å²) in [4.78, 5) is 16.8. The number of benzene rings is 2. The molecule has 3 rings (SSSR count). The highest BCUT2D eigenvalue weighted by Crippen LogP contribution is 2.23. The molecule has 0 radical (unpaired) electrons. The average molecular weight is 418 g/mol.